The molecule has 1 atom stereocenters. The highest BCUT2D eigenvalue weighted by atomic mass is 32.1. The van der Waals surface area contributed by atoms with Crippen molar-refractivity contribution < 1.29 is 4.79 Å². The summed E-state index contributed by atoms with van der Waals surface area (Å²) in [6.07, 6.45) is 5.67. The number of thiazole rings is 1. The molecule has 4 rings (SSSR count). The third-order valence-electron chi connectivity index (χ3n) is 4.07. The van der Waals surface area contributed by atoms with E-state index in [0.717, 1.165) is 35.1 Å². The van der Waals surface area contributed by atoms with Crippen LogP contribution in [-0.4, -0.2) is 38.8 Å². The quantitative estimate of drug-likeness (QED) is 0.789. The van der Waals surface area contributed by atoms with Crippen molar-refractivity contribution in [3.05, 3.63) is 46.8 Å². The first-order chi connectivity index (χ1) is 11.3. The summed E-state index contributed by atoms with van der Waals surface area (Å²) >= 11 is 3.18. The van der Waals surface area contributed by atoms with Gasteiger partial charge in [0.2, 0.25) is 0 Å². The number of aromatic amines is 1. The first kappa shape index (κ1) is 14.6. The Morgan fingerprint density at radius 1 is 1.39 bits per heavy atom. The van der Waals surface area contributed by atoms with Crippen LogP contribution in [-0.2, 0) is 0 Å². The van der Waals surface area contributed by atoms with E-state index in [0.29, 0.717) is 12.2 Å². The third kappa shape index (κ3) is 2.94. The second-order valence-corrected chi connectivity index (χ2v) is 7.39. The summed E-state index contributed by atoms with van der Waals surface area (Å²) in [5, 5.41) is 4.81. The standard InChI is InChI=1S/C16H16N4OS2/c21-16(12-10-23-15(19-12)13-4-2-8-22-13)20-7-1-3-11(9-20)14-17-5-6-18-14/h2,4-6,8,10-11H,1,3,7,9H2,(H,17,18)/t11-/m0/s1. The fraction of sp³-hybridized carbons (Fsp3) is 0.312. The Morgan fingerprint density at radius 3 is 3.13 bits per heavy atom. The lowest BCUT2D eigenvalue weighted by atomic mass is 9.97. The Balaban J connectivity index is 1.50. The van der Waals surface area contributed by atoms with Crippen molar-refractivity contribution in [3.63, 3.8) is 0 Å². The van der Waals surface area contributed by atoms with Crippen LogP contribution in [0.1, 0.15) is 35.1 Å². The molecule has 0 aromatic carbocycles. The van der Waals surface area contributed by atoms with E-state index < -0.39 is 0 Å². The van der Waals surface area contributed by atoms with Crippen LogP contribution in [0.25, 0.3) is 9.88 Å². The summed E-state index contributed by atoms with van der Waals surface area (Å²) in [5.74, 6) is 1.29. The van der Waals surface area contributed by atoms with Crippen LogP contribution in [0.5, 0.6) is 0 Å². The van der Waals surface area contributed by atoms with Crippen molar-refractivity contribution in [1.29, 1.82) is 0 Å². The number of H-pyrrole nitrogens is 1. The molecule has 1 saturated heterocycles. The van der Waals surface area contributed by atoms with E-state index >= 15 is 0 Å². The Hall–Kier alpha value is -1.99. The number of carbonyl (C=O) groups is 1. The summed E-state index contributed by atoms with van der Waals surface area (Å²) in [6.45, 7) is 1.50. The third-order valence-corrected chi connectivity index (χ3v) is 5.95. The summed E-state index contributed by atoms with van der Waals surface area (Å²) in [6, 6.07) is 4.03. The zero-order valence-corrected chi connectivity index (χ0v) is 14.1. The van der Waals surface area contributed by atoms with Crippen molar-refractivity contribution in [2.75, 3.05) is 13.1 Å². The van der Waals surface area contributed by atoms with E-state index in [1.807, 2.05) is 34.0 Å². The zero-order valence-electron chi connectivity index (χ0n) is 12.4. The average molecular weight is 344 g/mol. The molecule has 1 aliphatic heterocycles. The van der Waals surface area contributed by atoms with E-state index in [1.54, 1.807) is 17.5 Å². The van der Waals surface area contributed by atoms with Gasteiger partial charge in [0.25, 0.3) is 5.91 Å². The molecule has 3 aromatic rings. The summed E-state index contributed by atoms with van der Waals surface area (Å²) in [5.41, 5.74) is 0.554. The van der Waals surface area contributed by atoms with Crippen molar-refractivity contribution in [2.24, 2.45) is 0 Å². The molecule has 0 aliphatic carbocycles. The highest BCUT2D eigenvalue weighted by Crippen LogP contribution is 2.29. The fourth-order valence-corrected chi connectivity index (χ4v) is 4.54. The van der Waals surface area contributed by atoms with E-state index in [1.165, 1.54) is 11.3 Å². The van der Waals surface area contributed by atoms with Crippen LogP contribution in [0.15, 0.2) is 35.3 Å². The van der Waals surface area contributed by atoms with Crippen LogP contribution >= 0.6 is 22.7 Å². The average Bonchev–Trinajstić information content (AvgIpc) is 3.36. The first-order valence-electron chi connectivity index (χ1n) is 7.59. The molecule has 0 unspecified atom stereocenters. The minimum absolute atomic E-state index is 0.0281. The SMILES string of the molecule is O=C(c1csc(-c2cccs2)n1)N1CCC[C@H](c2ncc[nH]2)C1. The second kappa shape index (κ2) is 6.25. The maximum absolute atomic E-state index is 12.7. The minimum Gasteiger partial charge on any atom is -0.348 e. The van der Waals surface area contributed by atoms with Gasteiger partial charge in [0.05, 0.1) is 4.88 Å². The largest absolute Gasteiger partial charge is 0.348 e. The highest BCUT2D eigenvalue weighted by Gasteiger charge is 2.28. The molecule has 23 heavy (non-hydrogen) atoms. The number of nitrogens with zero attached hydrogens (tertiary/aromatic N) is 3. The molecular formula is C16H16N4OS2. The van der Waals surface area contributed by atoms with Crippen LogP contribution in [0, 0.1) is 0 Å². The van der Waals surface area contributed by atoms with Crippen molar-refractivity contribution in [3.8, 4) is 9.88 Å². The van der Waals surface area contributed by atoms with Gasteiger partial charge < -0.3 is 9.88 Å². The number of rotatable bonds is 3. The highest BCUT2D eigenvalue weighted by molar-refractivity contribution is 7.20. The van der Waals surface area contributed by atoms with Gasteiger partial charge in [0.1, 0.15) is 16.5 Å². The predicted octanol–water partition coefficient (Wildman–Crippen LogP) is 3.61. The Kier molecular flexibility index (Phi) is 3.97. The maximum atomic E-state index is 12.7. The van der Waals surface area contributed by atoms with Crippen molar-refractivity contribution in [1.82, 2.24) is 19.9 Å². The predicted molar refractivity (Wildman–Crippen MR) is 91.9 cm³/mol. The number of nitrogens with one attached hydrogen (secondary N) is 1. The molecule has 0 saturated carbocycles. The minimum atomic E-state index is 0.0281. The molecule has 7 heteroatoms. The molecule has 118 valence electrons. The van der Waals surface area contributed by atoms with Gasteiger partial charge in [-0.3, -0.25) is 4.79 Å². The number of amides is 1. The fourth-order valence-electron chi connectivity index (χ4n) is 2.93. The molecule has 0 bridgehead atoms. The second-order valence-electron chi connectivity index (χ2n) is 5.58. The maximum Gasteiger partial charge on any atom is 0.273 e. The van der Waals surface area contributed by atoms with E-state index in [9.17, 15) is 4.79 Å². The van der Waals surface area contributed by atoms with Crippen LogP contribution in [0.3, 0.4) is 0 Å². The number of hydrogen-bond donors (Lipinski definition) is 1. The van der Waals surface area contributed by atoms with Crippen LogP contribution in [0.2, 0.25) is 0 Å². The molecule has 4 heterocycles. The van der Waals surface area contributed by atoms with Crippen LogP contribution in [0.4, 0.5) is 0 Å². The van der Waals surface area contributed by atoms with Gasteiger partial charge in [0.15, 0.2) is 0 Å². The van der Waals surface area contributed by atoms with Gasteiger partial charge in [-0.25, -0.2) is 9.97 Å². The summed E-state index contributed by atoms with van der Waals surface area (Å²) in [7, 11) is 0. The van der Waals surface area contributed by atoms with Gasteiger partial charge in [-0.15, -0.1) is 22.7 Å². The monoisotopic (exact) mass is 344 g/mol. The number of imidazole rings is 1. The number of carbonyl (C=O) groups excluding carboxylic acids is 1. The Labute approximate surface area is 142 Å². The smallest absolute Gasteiger partial charge is 0.273 e. The lowest BCUT2D eigenvalue weighted by molar-refractivity contribution is 0.0699. The van der Waals surface area contributed by atoms with Gasteiger partial charge >= 0.3 is 0 Å². The molecule has 3 aromatic heterocycles. The lowest BCUT2D eigenvalue weighted by Crippen LogP contribution is -2.39. The number of thiophene rings is 1. The van der Waals surface area contributed by atoms with Gasteiger partial charge in [0, 0.05) is 36.8 Å². The van der Waals surface area contributed by atoms with Crippen LogP contribution < -0.4 is 0 Å². The number of hydrogen-bond acceptors (Lipinski definition) is 5. The molecule has 1 amide bonds. The first-order valence-corrected chi connectivity index (χ1v) is 9.35. The molecule has 0 spiro atoms. The Morgan fingerprint density at radius 2 is 2.35 bits per heavy atom. The van der Waals surface area contributed by atoms with Gasteiger partial charge in [-0.05, 0) is 24.3 Å². The van der Waals surface area contributed by atoms with Gasteiger partial charge in [-0.1, -0.05) is 6.07 Å². The van der Waals surface area contributed by atoms with E-state index in [-0.39, 0.29) is 11.8 Å². The Bertz CT molecular complexity index is 779. The molecule has 1 fully saturated rings. The molecule has 1 N–H and O–H groups in total. The lowest BCUT2D eigenvalue weighted by Gasteiger charge is -2.31. The molecule has 1 aliphatic rings. The van der Waals surface area contributed by atoms with Crippen molar-refractivity contribution >= 4 is 28.6 Å². The van der Waals surface area contributed by atoms with Gasteiger partial charge in [-0.2, -0.15) is 0 Å². The molecule has 5 nitrogen and oxygen atoms in total. The van der Waals surface area contributed by atoms with E-state index in [4.69, 9.17) is 0 Å². The number of aromatic nitrogens is 3. The molecule has 0 radical (unpaired) electrons. The summed E-state index contributed by atoms with van der Waals surface area (Å²) in [4.78, 5) is 27.8. The number of piperidine rings is 1. The normalized spacial score (nSPS) is 18.3. The number of likely N-dealkylation sites (tertiary alicyclic amines) is 1. The summed E-state index contributed by atoms with van der Waals surface area (Å²) < 4.78 is 0. The van der Waals surface area contributed by atoms with E-state index in [2.05, 4.69) is 15.0 Å². The zero-order chi connectivity index (χ0) is 15.6. The molecular weight excluding hydrogens is 328 g/mol. The topological polar surface area (TPSA) is 61.9 Å². The van der Waals surface area contributed by atoms with Crippen molar-refractivity contribution in [2.45, 2.75) is 18.8 Å².